The molecule has 8 rings (SSSR count). The molecule has 0 saturated carbocycles. The van der Waals surface area contributed by atoms with E-state index in [0.29, 0.717) is 0 Å². The van der Waals surface area contributed by atoms with Crippen molar-refractivity contribution in [2.45, 2.75) is 0 Å². The molecule has 59 heavy (non-hydrogen) atoms. The van der Waals surface area contributed by atoms with Gasteiger partial charge in [0, 0.05) is 31.3 Å². The fourth-order valence-corrected chi connectivity index (χ4v) is 8.62. The number of nitrogens with one attached hydrogen (secondary N) is 3. The van der Waals surface area contributed by atoms with Gasteiger partial charge >= 0.3 is 0 Å². The third-order valence-electron chi connectivity index (χ3n) is 9.18. The maximum absolute atomic E-state index is 15.7. The van der Waals surface area contributed by atoms with Crippen molar-refractivity contribution >= 4 is 113 Å². The molecule has 302 valence electrons. The summed E-state index contributed by atoms with van der Waals surface area (Å²) in [6.45, 7) is 0. The smallest absolute Gasteiger partial charge is 0.200 e. The third kappa shape index (κ3) is 6.03. The Bertz CT molecular complexity index is 3140. The SMILES string of the molecule is Fc1c(F)c(F)c(-c2c3nc(c(-c4c(F)c(F)c(F)c(F)c4F)c4[nH]c(c(I)c4I)c4cc(I)c([nH]4)c(-c4c(F)c(F)c(F)c(F)c4F)c4ccc2[nH]4)C=C3)c(F)c1F. The van der Waals surface area contributed by atoms with Crippen LogP contribution in [0.15, 0.2) is 18.2 Å². The minimum absolute atomic E-state index is 0.0000313. The Morgan fingerprint density at radius 3 is 1.15 bits per heavy atom. The van der Waals surface area contributed by atoms with E-state index < -0.39 is 154 Å². The highest BCUT2D eigenvalue weighted by molar-refractivity contribution is 14.1. The molecule has 3 N–H and O–H groups in total. The lowest BCUT2D eigenvalue weighted by atomic mass is 10.0. The van der Waals surface area contributed by atoms with Gasteiger partial charge in [-0.3, -0.25) is 0 Å². The molecule has 0 radical (unpaired) electrons. The second-order valence-electron chi connectivity index (χ2n) is 12.4. The second-order valence-corrected chi connectivity index (χ2v) is 15.7. The van der Waals surface area contributed by atoms with Crippen LogP contribution in [0.3, 0.4) is 0 Å². The van der Waals surface area contributed by atoms with Gasteiger partial charge in [-0.2, -0.15) is 0 Å². The number of benzene rings is 3. The van der Waals surface area contributed by atoms with Gasteiger partial charge < -0.3 is 15.0 Å². The number of nitrogens with zero attached hydrogens (tertiary/aromatic N) is 1. The first-order chi connectivity index (χ1) is 27.8. The van der Waals surface area contributed by atoms with Crippen molar-refractivity contribution in [1.82, 2.24) is 19.9 Å². The van der Waals surface area contributed by atoms with Crippen LogP contribution in [0.2, 0.25) is 0 Å². The quantitative estimate of drug-likeness (QED) is 0.0702. The first-order valence-corrected chi connectivity index (χ1v) is 19.0. The summed E-state index contributed by atoms with van der Waals surface area (Å²) in [6.07, 6.45) is 1.67. The van der Waals surface area contributed by atoms with E-state index in [1.54, 1.807) is 67.8 Å². The summed E-state index contributed by atoms with van der Waals surface area (Å²) in [5, 5.41) is 0. The number of rotatable bonds is 3. The Hall–Kier alpha value is -4.47. The maximum Gasteiger partial charge on any atom is 0.200 e. The molecule has 22 heteroatoms. The van der Waals surface area contributed by atoms with Crippen LogP contribution in [0.4, 0.5) is 65.9 Å². The van der Waals surface area contributed by atoms with E-state index in [1.807, 2.05) is 0 Å². The molecule has 7 aromatic rings. The van der Waals surface area contributed by atoms with Crippen LogP contribution in [0.5, 0.6) is 0 Å². The number of fused-ring (bicyclic) bond motifs is 9. The van der Waals surface area contributed by atoms with Gasteiger partial charge in [0.1, 0.15) is 0 Å². The summed E-state index contributed by atoms with van der Waals surface area (Å²) < 4.78 is 226. The molecule has 0 spiro atoms. The monoisotopic (exact) mass is 1170 g/mol. The van der Waals surface area contributed by atoms with Gasteiger partial charge in [-0.15, -0.1) is 0 Å². The summed E-state index contributed by atoms with van der Waals surface area (Å²) in [5.74, 6) is -36.5. The van der Waals surface area contributed by atoms with E-state index in [9.17, 15) is 39.5 Å². The van der Waals surface area contributed by atoms with Crippen molar-refractivity contribution < 1.29 is 65.9 Å². The highest BCUT2D eigenvalue weighted by atomic mass is 127. The van der Waals surface area contributed by atoms with Crippen molar-refractivity contribution in [2.24, 2.45) is 0 Å². The highest BCUT2D eigenvalue weighted by Gasteiger charge is 2.34. The van der Waals surface area contributed by atoms with Crippen LogP contribution in [0.1, 0.15) is 11.4 Å². The molecule has 0 aliphatic carbocycles. The summed E-state index contributed by atoms with van der Waals surface area (Å²) in [7, 11) is 0. The van der Waals surface area contributed by atoms with Gasteiger partial charge in [-0.25, -0.2) is 70.8 Å². The Balaban J connectivity index is 1.71. The fourth-order valence-electron chi connectivity index (χ4n) is 6.53. The van der Waals surface area contributed by atoms with Gasteiger partial charge in [0.05, 0.1) is 57.3 Å². The average Bonchev–Trinajstić information content (AvgIpc) is 4.03. The van der Waals surface area contributed by atoms with Gasteiger partial charge in [-0.05, 0) is 98.1 Å². The minimum Gasteiger partial charge on any atom is -0.354 e. The maximum atomic E-state index is 15.7. The molecular formula is C37H8F15I3N4. The standard InChI is InChI=1S/C37H8F15I3N4/c38-18-15(19(39)25(45)30(50)24(18)44)12-7-1-3-9(56-7)13(16-20(40)26(46)31(51)27(47)21(16)41)35-6(53)5-11(58-35)36-33(54)34(55)37(59-36)14(10-4-2-8(12)57-10)17-22(42)28(48)32(52)29(49)23(17)43/h1-5,56,58-59H. The Labute approximate surface area is 357 Å². The minimum atomic E-state index is -2.60. The molecule has 5 heterocycles. The van der Waals surface area contributed by atoms with Crippen LogP contribution in [0.25, 0.3) is 78.6 Å². The molecule has 1 aliphatic heterocycles. The van der Waals surface area contributed by atoms with E-state index in [-0.39, 0.29) is 21.7 Å². The van der Waals surface area contributed by atoms with Crippen LogP contribution >= 0.6 is 67.8 Å². The number of halogens is 18. The molecule has 0 atom stereocenters. The molecular weight excluding hydrogens is 1170 g/mol. The summed E-state index contributed by atoms with van der Waals surface area (Å²) in [5.41, 5.74) is -11.2. The molecule has 3 aromatic carbocycles. The lowest BCUT2D eigenvalue weighted by molar-refractivity contribution is 0.381. The predicted octanol–water partition coefficient (Wildman–Crippen LogP) is 13.6. The van der Waals surface area contributed by atoms with E-state index in [0.717, 1.165) is 24.3 Å². The van der Waals surface area contributed by atoms with Crippen LogP contribution < -0.4 is 0 Å². The fraction of sp³-hybridized carbons (Fsp3) is 0. The van der Waals surface area contributed by atoms with Crippen molar-refractivity contribution in [2.75, 3.05) is 0 Å². The molecule has 4 nitrogen and oxygen atoms in total. The van der Waals surface area contributed by atoms with E-state index in [4.69, 9.17) is 0 Å². The van der Waals surface area contributed by atoms with Crippen molar-refractivity contribution in [3.63, 3.8) is 0 Å². The number of aromatic amines is 3. The first kappa shape index (κ1) is 41.3. The lowest BCUT2D eigenvalue weighted by Gasteiger charge is -2.11. The van der Waals surface area contributed by atoms with Gasteiger partial charge in [0.25, 0.3) is 0 Å². The molecule has 8 bridgehead atoms. The second kappa shape index (κ2) is 14.6. The van der Waals surface area contributed by atoms with Crippen molar-refractivity contribution in [3.05, 3.63) is 128 Å². The molecule has 4 aromatic heterocycles. The summed E-state index contributed by atoms with van der Waals surface area (Å²) in [6, 6.07) is 3.02. The molecule has 0 saturated heterocycles. The van der Waals surface area contributed by atoms with Gasteiger partial charge in [0.2, 0.25) is 17.5 Å². The van der Waals surface area contributed by atoms with E-state index >= 15 is 26.3 Å². The van der Waals surface area contributed by atoms with E-state index in [1.165, 1.54) is 6.07 Å². The number of aromatic nitrogens is 4. The number of hydrogen-bond acceptors (Lipinski definition) is 1. The zero-order chi connectivity index (χ0) is 42.8. The summed E-state index contributed by atoms with van der Waals surface area (Å²) >= 11 is 4.94. The average molecular weight is 1170 g/mol. The zero-order valence-corrected chi connectivity index (χ0v) is 34.1. The number of H-pyrrole nitrogens is 3. The normalized spacial score (nSPS) is 12.2. The Morgan fingerprint density at radius 1 is 0.339 bits per heavy atom. The van der Waals surface area contributed by atoms with Crippen molar-refractivity contribution in [1.29, 1.82) is 0 Å². The van der Waals surface area contributed by atoms with Crippen LogP contribution in [0, 0.1) is 98.0 Å². The van der Waals surface area contributed by atoms with Gasteiger partial charge in [-0.1, -0.05) is 0 Å². The first-order valence-electron chi connectivity index (χ1n) is 15.7. The molecule has 0 unspecified atom stereocenters. The third-order valence-corrected chi connectivity index (χ3v) is 13.2. The lowest BCUT2D eigenvalue weighted by Crippen LogP contribution is -2.06. The molecule has 1 aliphatic rings. The predicted molar refractivity (Wildman–Crippen MR) is 209 cm³/mol. The molecule has 0 amide bonds. The Kier molecular flexibility index (Phi) is 10.2. The topological polar surface area (TPSA) is 60.3 Å². The zero-order valence-electron chi connectivity index (χ0n) is 27.6. The largest absolute Gasteiger partial charge is 0.354 e. The van der Waals surface area contributed by atoms with Crippen LogP contribution in [-0.4, -0.2) is 19.9 Å². The molecule has 0 fully saturated rings. The number of hydrogen-bond donors (Lipinski definition) is 3. The van der Waals surface area contributed by atoms with Crippen molar-refractivity contribution in [3.8, 4) is 33.4 Å². The highest BCUT2D eigenvalue weighted by Crippen LogP contribution is 2.44. The van der Waals surface area contributed by atoms with E-state index in [2.05, 4.69) is 19.9 Å². The Morgan fingerprint density at radius 2 is 0.695 bits per heavy atom. The summed E-state index contributed by atoms with van der Waals surface area (Å²) in [4.78, 5) is 12.1. The van der Waals surface area contributed by atoms with Crippen LogP contribution in [-0.2, 0) is 0 Å². The van der Waals surface area contributed by atoms with Gasteiger partial charge in [0.15, 0.2) is 69.8 Å².